The molecule has 0 fully saturated rings. The second kappa shape index (κ2) is 3.19. The van der Waals surface area contributed by atoms with Crippen molar-refractivity contribution in [1.29, 1.82) is 0 Å². The molecule has 0 unspecified atom stereocenters. The predicted octanol–water partition coefficient (Wildman–Crippen LogP) is 2.69. The van der Waals surface area contributed by atoms with Crippen LogP contribution in [0.25, 0.3) is 0 Å². The summed E-state index contributed by atoms with van der Waals surface area (Å²) in [4.78, 5) is 0. The highest BCUT2D eigenvalue weighted by atomic mass is 16.5. The van der Waals surface area contributed by atoms with Crippen molar-refractivity contribution in [3.8, 4) is 5.75 Å². The molecule has 0 aliphatic carbocycles. The zero-order valence-corrected chi connectivity index (χ0v) is 9.05. The number of methoxy groups -OCH3 is 1. The van der Waals surface area contributed by atoms with Crippen LogP contribution < -0.4 is 10.1 Å². The van der Waals surface area contributed by atoms with Gasteiger partial charge < -0.3 is 10.1 Å². The van der Waals surface area contributed by atoms with Gasteiger partial charge in [-0.05, 0) is 24.0 Å². The van der Waals surface area contributed by atoms with Crippen molar-refractivity contribution in [2.45, 2.75) is 20.3 Å². The van der Waals surface area contributed by atoms with Crippen molar-refractivity contribution in [1.82, 2.24) is 0 Å². The van der Waals surface area contributed by atoms with Gasteiger partial charge in [-0.25, -0.2) is 0 Å². The van der Waals surface area contributed by atoms with E-state index in [2.05, 4.69) is 25.2 Å². The molecular formula is C12H17NO. The minimum atomic E-state index is 0.321. The Bertz CT molecular complexity index is 330. The van der Waals surface area contributed by atoms with Gasteiger partial charge in [0, 0.05) is 17.8 Å². The highest BCUT2D eigenvalue weighted by molar-refractivity contribution is 5.59. The first kappa shape index (κ1) is 9.38. The molecule has 0 saturated carbocycles. The van der Waals surface area contributed by atoms with Crippen molar-refractivity contribution in [2.75, 3.05) is 19.0 Å². The van der Waals surface area contributed by atoms with Crippen molar-refractivity contribution in [3.63, 3.8) is 0 Å². The number of rotatable bonds is 1. The molecule has 0 aromatic heterocycles. The Hall–Kier alpha value is -1.18. The standard InChI is InChI=1S/C12H17NO/c1-12(2)7-9-10(13-8-12)5-4-6-11(9)14-3/h4-6,13H,7-8H2,1-3H3. The summed E-state index contributed by atoms with van der Waals surface area (Å²) in [6, 6.07) is 6.18. The van der Waals surface area contributed by atoms with Crippen LogP contribution in [0.5, 0.6) is 5.75 Å². The van der Waals surface area contributed by atoms with Gasteiger partial charge in [0.1, 0.15) is 5.75 Å². The van der Waals surface area contributed by atoms with Gasteiger partial charge in [-0.15, -0.1) is 0 Å². The van der Waals surface area contributed by atoms with E-state index in [1.54, 1.807) is 7.11 Å². The average Bonchev–Trinajstić information content (AvgIpc) is 2.15. The molecule has 76 valence electrons. The first-order valence-electron chi connectivity index (χ1n) is 5.02. The van der Waals surface area contributed by atoms with Crippen LogP contribution in [0.3, 0.4) is 0 Å². The fraction of sp³-hybridized carbons (Fsp3) is 0.500. The van der Waals surface area contributed by atoms with Crippen molar-refractivity contribution < 1.29 is 4.74 Å². The van der Waals surface area contributed by atoms with E-state index >= 15 is 0 Å². The molecule has 0 amide bonds. The fourth-order valence-corrected chi connectivity index (χ4v) is 1.98. The van der Waals surface area contributed by atoms with E-state index in [1.165, 1.54) is 11.3 Å². The van der Waals surface area contributed by atoms with Gasteiger partial charge in [0.05, 0.1) is 7.11 Å². The molecule has 1 N–H and O–H groups in total. The third kappa shape index (κ3) is 1.57. The molecule has 0 radical (unpaired) electrons. The molecule has 0 bridgehead atoms. The molecule has 0 spiro atoms. The third-order valence-corrected chi connectivity index (χ3v) is 2.77. The molecule has 0 atom stereocenters. The Morgan fingerprint density at radius 2 is 2.14 bits per heavy atom. The van der Waals surface area contributed by atoms with Crippen molar-refractivity contribution >= 4 is 5.69 Å². The third-order valence-electron chi connectivity index (χ3n) is 2.77. The topological polar surface area (TPSA) is 21.3 Å². The number of hydrogen-bond donors (Lipinski definition) is 1. The van der Waals surface area contributed by atoms with Crippen LogP contribution in [0.1, 0.15) is 19.4 Å². The molecule has 1 aromatic rings. The normalized spacial score (nSPS) is 18.2. The predicted molar refractivity (Wildman–Crippen MR) is 59.0 cm³/mol. The number of hydrogen-bond acceptors (Lipinski definition) is 2. The molecule has 2 nitrogen and oxygen atoms in total. The zero-order valence-electron chi connectivity index (χ0n) is 9.05. The van der Waals surface area contributed by atoms with Crippen LogP contribution >= 0.6 is 0 Å². The molecular weight excluding hydrogens is 174 g/mol. The molecule has 14 heavy (non-hydrogen) atoms. The molecule has 1 aromatic carbocycles. The Morgan fingerprint density at radius 3 is 2.86 bits per heavy atom. The van der Waals surface area contributed by atoms with Crippen LogP contribution in [0.4, 0.5) is 5.69 Å². The van der Waals surface area contributed by atoms with Crippen molar-refractivity contribution in [2.24, 2.45) is 5.41 Å². The van der Waals surface area contributed by atoms with Gasteiger partial charge in [0.25, 0.3) is 0 Å². The molecule has 0 saturated heterocycles. The Kier molecular flexibility index (Phi) is 2.14. The zero-order chi connectivity index (χ0) is 10.2. The largest absolute Gasteiger partial charge is 0.496 e. The molecule has 2 rings (SSSR count). The fourth-order valence-electron chi connectivity index (χ4n) is 1.98. The Morgan fingerprint density at radius 1 is 1.36 bits per heavy atom. The summed E-state index contributed by atoms with van der Waals surface area (Å²) in [6.45, 7) is 5.58. The van der Waals surface area contributed by atoms with E-state index in [4.69, 9.17) is 4.74 Å². The summed E-state index contributed by atoms with van der Waals surface area (Å²) >= 11 is 0. The van der Waals surface area contributed by atoms with Crippen LogP contribution in [0, 0.1) is 5.41 Å². The Labute approximate surface area is 85.3 Å². The first-order chi connectivity index (χ1) is 6.62. The van der Waals surface area contributed by atoms with Gasteiger partial charge in [0.15, 0.2) is 0 Å². The van der Waals surface area contributed by atoms with E-state index in [0.29, 0.717) is 5.41 Å². The van der Waals surface area contributed by atoms with E-state index in [-0.39, 0.29) is 0 Å². The number of anilines is 1. The van der Waals surface area contributed by atoms with Crippen LogP contribution in [0.2, 0.25) is 0 Å². The maximum absolute atomic E-state index is 5.37. The van der Waals surface area contributed by atoms with Crippen LogP contribution in [0.15, 0.2) is 18.2 Å². The average molecular weight is 191 g/mol. The van der Waals surface area contributed by atoms with Gasteiger partial charge in [-0.2, -0.15) is 0 Å². The summed E-state index contributed by atoms with van der Waals surface area (Å²) in [5.41, 5.74) is 2.86. The second-order valence-corrected chi connectivity index (χ2v) is 4.68. The minimum Gasteiger partial charge on any atom is -0.496 e. The number of fused-ring (bicyclic) bond motifs is 1. The van der Waals surface area contributed by atoms with Gasteiger partial charge in [-0.3, -0.25) is 0 Å². The SMILES string of the molecule is COc1cccc2c1CC(C)(C)CN2. The highest BCUT2D eigenvalue weighted by Gasteiger charge is 2.26. The van der Waals surface area contributed by atoms with Gasteiger partial charge >= 0.3 is 0 Å². The number of ether oxygens (including phenoxy) is 1. The summed E-state index contributed by atoms with van der Waals surface area (Å²) in [5.74, 6) is 1.00. The number of nitrogens with one attached hydrogen (secondary N) is 1. The van der Waals surface area contributed by atoms with Crippen molar-refractivity contribution in [3.05, 3.63) is 23.8 Å². The first-order valence-corrected chi connectivity index (χ1v) is 5.02. The highest BCUT2D eigenvalue weighted by Crippen LogP contribution is 2.37. The van der Waals surface area contributed by atoms with E-state index in [9.17, 15) is 0 Å². The maximum Gasteiger partial charge on any atom is 0.124 e. The number of benzene rings is 1. The second-order valence-electron chi connectivity index (χ2n) is 4.68. The lowest BCUT2D eigenvalue weighted by Gasteiger charge is -2.33. The smallest absolute Gasteiger partial charge is 0.124 e. The monoisotopic (exact) mass is 191 g/mol. The summed E-state index contributed by atoms with van der Waals surface area (Å²) in [7, 11) is 1.73. The summed E-state index contributed by atoms with van der Waals surface area (Å²) in [5, 5.41) is 3.45. The van der Waals surface area contributed by atoms with Gasteiger partial charge in [-0.1, -0.05) is 19.9 Å². The molecule has 2 heteroatoms. The van der Waals surface area contributed by atoms with E-state index in [0.717, 1.165) is 18.7 Å². The Balaban J connectivity index is 2.43. The lowest BCUT2D eigenvalue weighted by atomic mass is 9.82. The quantitative estimate of drug-likeness (QED) is 0.737. The molecule has 1 heterocycles. The van der Waals surface area contributed by atoms with Gasteiger partial charge in [0.2, 0.25) is 0 Å². The maximum atomic E-state index is 5.37. The summed E-state index contributed by atoms with van der Waals surface area (Å²) < 4.78 is 5.37. The minimum absolute atomic E-state index is 0.321. The van der Waals surface area contributed by atoms with Crippen LogP contribution in [-0.4, -0.2) is 13.7 Å². The summed E-state index contributed by atoms with van der Waals surface area (Å²) in [6.07, 6.45) is 1.08. The van der Waals surface area contributed by atoms with E-state index < -0.39 is 0 Å². The van der Waals surface area contributed by atoms with Crippen LogP contribution in [-0.2, 0) is 6.42 Å². The molecule has 1 aliphatic heterocycles. The molecule has 1 aliphatic rings. The van der Waals surface area contributed by atoms with E-state index in [1.807, 2.05) is 12.1 Å². The lowest BCUT2D eigenvalue weighted by molar-refractivity contribution is 0.358. The lowest BCUT2D eigenvalue weighted by Crippen LogP contribution is -2.30.